The van der Waals surface area contributed by atoms with Crippen LogP contribution in [0.1, 0.15) is 47.5 Å². The number of hydrogen-bond acceptors (Lipinski definition) is 4. The normalized spacial score (nSPS) is 16.6. The third-order valence-electron chi connectivity index (χ3n) is 4.97. The van der Waals surface area contributed by atoms with E-state index in [4.69, 9.17) is 4.74 Å². The van der Waals surface area contributed by atoms with E-state index in [-0.39, 0.29) is 29.9 Å². The number of benzene rings is 1. The van der Waals surface area contributed by atoms with Gasteiger partial charge in [-0.25, -0.2) is 9.59 Å². The molecule has 0 spiro atoms. The molecule has 31 heavy (non-hydrogen) atoms. The molecule has 4 amide bonds. The predicted molar refractivity (Wildman–Crippen MR) is 122 cm³/mol. The van der Waals surface area contributed by atoms with Gasteiger partial charge in [0.1, 0.15) is 5.60 Å². The van der Waals surface area contributed by atoms with Crippen LogP contribution in [0.15, 0.2) is 24.3 Å². The molecule has 1 atom stereocenters. The summed E-state index contributed by atoms with van der Waals surface area (Å²) in [7, 11) is 1.73. The van der Waals surface area contributed by atoms with Crippen molar-refractivity contribution in [2.45, 2.75) is 53.1 Å². The van der Waals surface area contributed by atoms with Gasteiger partial charge in [-0.3, -0.25) is 4.79 Å². The van der Waals surface area contributed by atoms with Crippen LogP contribution >= 0.6 is 0 Å². The van der Waals surface area contributed by atoms with Crippen LogP contribution < -0.4 is 10.6 Å². The van der Waals surface area contributed by atoms with Crippen LogP contribution in [0.5, 0.6) is 0 Å². The summed E-state index contributed by atoms with van der Waals surface area (Å²) in [6, 6.07) is 6.91. The Bertz CT molecular complexity index is 771. The van der Waals surface area contributed by atoms with E-state index in [9.17, 15) is 14.4 Å². The van der Waals surface area contributed by atoms with Crippen LogP contribution in [-0.2, 0) is 9.53 Å². The molecule has 1 unspecified atom stereocenters. The van der Waals surface area contributed by atoms with Crippen molar-refractivity contribution in [3.05, 3.63) is 24.3 Å². The molecule has 2 rings (SSSR count). The number of ether oxygens (including phenoxy) is 1. The van der Waals surface area contributed by atoms with Gasteiger partial charge in [-0.15, -0.1) is 0 Å². The quantitative estimate of drug-likeness (QED) is 0.722. The van der Waals surface area contributed by atoms with Crippen LogP contribution in [-0.4, -0.2) is 60.1 Å². The molecule has 0 radical (unpaired) electrons. The van der Waals surface area contributed by atoms with E-state index in [1.165, 1.54) is 0 Å². The topological polar surface area (TPSA) is 91.0 Å². The summed E-state index contributed by atoms with van der Waals surface area (Å²) < 4.78 is 5.41. The van der Waals surface area contributed by atoms with Crippen molar-refractivity contribution < 1.29 is 19.1 Å². The van der Waals surface area contributed by atoms with E-state index in [0.717, 1.165) is 12.8 Å². The summed E-state index contributed by atoms with van der Waals surface area (Å²) in [6.45, 7) is 11.0. The monoisotopic (exact) mass is 432 g/mol. The summed E-state index contributed by atoms with van der Waals surface area (Å²) in [5, 5.41) is 5.74. The fraction of sp³-hybridized carbons (Fsp3) is 0.609. The molecule has 0 aromatic heterocycles. The van der Waals surface area contributed by atoms with Crippen LogP contribution in [0.3, 0.4) is 0 Å². The van der Waals surface area contributed by atoms with Gasteiger partial charge >= 0.3 is 12.1 Å². The first-order valence-electron chi connectivity index (χ1n) is 10.9. The van der Waals surface area contributed by atoms with Gasteiger partial charge in [0.15, 0.2) is 0 Å². The van der Waals surface area contributed by atoms with Gasteiger partial charge in [0, 0.05) is 44.0 Å². The summed E-state index contributed by atoms with van der Waals surface area (Å²) in [5.74, 6) is 0.0546. The van der Waals surface area contributed by atoms with Crippen LogP contribution in [0, 0.1) is 11.8 Å². The molecule has 1 fully saturated rings. The number of nitrogens with zero attached hydrogens (tertiary/aromatic N) is 2. The van der Waals surface area contributed by atoms with Gasteiger partial charge in [-0.1, -0.05) is 13.8 Å². The van der Waals surface area contributed by atoms with Crippen LogP contribution in [0.2, 0.25) is 0 Å². The number of urea groups is 1. The summed E-state index contributed by atoms with van der Waals surface area (Å²) >= 11 is 0. The lowest BCUT2D eigenvalue weighted by Gasteiger charge is -2.35. The summed E-state index contributed by atoms with van der Waals surface area (Å²) in [4.78, 5) is 40.1. The van der Waals surface area contributed by atoms with E-state index in [1.807, 2.05) is 34.6 Å². The van der Waals surface area contributed by atoms with Gasteiger partial charge in [0.05, 0.1) is 0 Å². The molecule has 1 aliphatic rings. The summed E-state index contributed by atoms with van der Waals surface area (Å²) in [6.07, 6.45) is 1.50. The number of rotatable bonds is 5. The molecular formula is C23H36N4O4. The summed E-state index contributed by atoms with van der Waals surface area (Å²) in [5.41, 5.74) is 0.831. The number of hydrogen-bond donors (Lipinski definition) is 2. The Kier molecular flexibility index (Phi) is 8.30. The Morgan fingerprint density at radius 2 is 1.71 bits per heavy atom. The highest BCUT2D eigenvalue weighted by Crippen LogP contribution is 2.20. The second-order valence-electron chi connectivity index (χ2n) is 9.47. The van der Waals surface area contributed by atoms with Crippen molar-refractivity contribution in [1.29, 1.82) is 0 Å². The Hall–Kier alpha value is -2.77. The van der Waals surface area contributed by atoms with Crippen molar-refractivity contribution in [2.24, 2.45) is 11.8 Å². The first-order chi connectivity index (χ1) is 14.4. The molecule has 8 nitrogen and oxygen atoms in total. The highest BCUT2D eigenvalue weighted by atomic mass is 16.6. The number of anilines is 2. The molecule has 0 aliphatic carbocycles. The minimum atomic E-state index is -0.531. The average molecular weight is 433 g/mol. The van der Waals surface area contributed by atoms with Gasteiger partial charge < -0.3 is 25.2 Å². The Balaban J connectivity index is 1.87. The third kappa shape index (κ3) is 8.11. The van der Waals surface area contributed by atoms with Crippen molar-refractivity contribution in [3.8, 4) is 0 Å². The fourth-order valence-electron chi connectivity index (χ4n) is 3.33. The van der Waals surface area contributed by atoms with E-state index < -0.39 is 5.60 Å². The van der Waals surface area contributed by atoms with E-state index in [2.05, 4.69) is 10.6 Å². The van der Waals surface area contributed by atoms with E-state index >= 15 is 0 Å². The maximum absolute atomic E-state index is 12.7. The fourth-order valence-corrected chi connectivity index (χ4v) is 3.33. The Morgan fingerprint density at radius 3 is 2.26 bits per heavy atom. The molecule has 0 saturated carbocycles. The molecule has 1 aromatic rings. The van der Waals surface area contributed by atoms with Gasteiger partial charge in [0.2, 0.25) is 5.91 Å². The number of nitrogens with one attached hydrogen (secondary N) is 2. The molecule has 2 N–H and O–H groups in total. The van der Waals surface area contributed by atoms with Crippen molar-refractivity contribution >= 4 is 29.4 Å². The Labute approximate surface area is 185 Å². The van der Waals surface area contributed by atoms with Crippen LogP contribution in [0.25, 0.3) is 0 Å². The smallest absolute Gasteiger partial charge is 0.410 e. The largest absolute Gasteiger partial charge is 0.444 e. The Morgan fingerprint density at radius 1 is 1.13 bits per heavy atom. The number of likely N-dealkylation sites (tertiary alicyclic amines) is 1. The highest BCUT2D eigenvalue weighted by molar-refractivity contribution is 5.93. The maximum Gasteiger partial charge on any atom is 0.410 e. The lowest BCUT2D eigenvalue weighted by molar-refractivity contribution is -0.118. The minimum Gasteiger partial charge on any atom is -0.444 e. The van der Waals surface area contributed by atoms with Crippen molar-refractivity contribution in [3.63, 3.8) is 0 Å². The number of carbonyl (C=O) groups is 3. The van der Waals surface area contributed by atoms with E-state index in [0.29, 0.717) is 31.0 Å². The van der Waals surface area contributed by atoms with Crippen molar-refractivity contribution in [2.75, 3.05) is 37.3 Å². The van der Waals surface area contributed by atoms with E-state index in [1.54, 1.807) is 41.1 Å². The molecule has 1 saturated heterocycles. The zero-order chi connectivity index (χ0) is 23.2. The molecule has 1 aromatic carbocycles. The average Bonchev–Trinajstić information content (AvgIpc) is 2.68. The highest BCUT2D eigenvalue weighted by Gasteiger charge is 2.27. The SMILES string of the molecule is CC(C)C(=O)Nc1ccc(NC(=O)N2CCCC(CN(C)C(=O)OC(C)(C)C)C2)cc1. The zero-order valence-corrected chi connectivity index (χ0v) is 19.5. The molecule has 1 aliphatic heterocycles. The molecular weight excluding hydrogens is 396 g/mol. The standard InChI is InChI=1S/C23H36N4O4/c1-16(2)20(28)24-18-9-11-19(12-10-18)25-21(29)27-13-7-8-17(15-27)14-26(6)22(30)31-23(3,4)5/h9-12,16-17H,7-8,13-15H2,1-6H3,(H,24,28)(H,25,29). The van der Waals surface area contributed by atoms with Gasteiger partial charge in [-0.05, 0) is 63.8 Å². The number of piperidine rings is 1. The first-order valence-corrected chi connectivity index (χ1v) is 10.9. The minimum absolute atomic E-state index is 0.0486. The predicted octanol–water partition coefficient (Wildman–Crippen LogP) is 4.39. The van der Waals surface area contributed by atoms with Gasteiger partial charge in [-0.2, -0.15) is 0 Å². The third-order valence-corrected chi connectivity index (χ3v) is 4.97. The molecule has 1 heterocycles. The lowest BCUT2D eigenvalue weighted by atomic mass is 9.98. The van der Waals surface area contributed by atoms with Crippen LogP contribution in [0.4, 0.5) is 21.0 Å². The molecule has 172 valence electrons. The first kappa shape index (κ1) is 24.5. The van der Waals surface area contributed by atoms with Gasteiger partial charge in [0.25, 0.3) is 0 Å². The lowest BCUT2D eigenvalue weighted by Crippen LogP contribution is -2.46. The zero-order valence-electron chi connectivity index (χ0n) is 19.5. The molecule has 0 bridgehead atoms. The number of carbonyl (C=O) groups excluding carboxylic acids is 3. The number of amides is 4. The maximum atomic E-state index is 12.7. The second kappa shape index (κ2) is 10.5. The molecule has 8 heteroatoms. The van der Waals surface area contributed by atoms with Crippen molar-refractivity contribution in [1.82, 2.24) is 9.80 Å². The second-order valence-corrected chi connectivity index (χ2v) is 9.47.